The first kappa shape index (κ1) is 9.20. The molecule has 0 saturated heterocycles. The quantitative estimate of drug-likeness (QED) is 0.436. The van der Waals surface area contributed by atoms with Crippen molar-refractivity contribution in [1.29, 1.82) is 0 Å². The minimum atomic E-state index is 0.272. The molecule has 0 bridgehead atoms. The highest BCUT2D eigenvalue weighted by Crippen LogP contribution is 2.15. The van der Waals surface area contributed by atoms with Crippen molar-refractivity contribution in [1.82, 2.24) is 5.16 Å². The number of oxime groups is 1. The first-order valence-corrected chi connectivity index (χ1v) is 4.20. The van der Waals surface area contributed by atoms with Crippen molar-refractivity contribution >= 4 is 6.21 Å². The van der Waals surface area contributed by atoms with Gasteiger partial charge in [-0.3, -0.25) is 0 Å². The lowest BCUT2D eigenvalue weighted by atomic mass is 10.1. The van der Waals surface area contributed by atoms with Gasteiger partial charge in [0.15, 0.2) is 4.60 Å². The number of aromatic nitrogens is 2. The van der Waals surface area contributed by atoms with Crippen molar-refractivity contribution in [3.63, 3.8) is 0 Å². The Hall–Kier alpha value is -2.37. The van der Waals surface area contributed by atoms with Gasteiger partial charge in [0, 0.05) is 5.56 Å². The van der Waals surface area contributed by atoms with Crippen molar-refractivity contribution in [3.8, 4) is 11.3 Å². The predicted molar refractivity (Wildman–Crippen MR) is 51.2 cm³/mol. The molecule has 6 nitrogen and oxygen atoms in total. The van der Waals surface area contributed by atoms with Gasteiger partial charge in [0.2, 0.25) is 5.69 Å². The summed E-state index contributed by atoms with van der Waals surface area (Å²) in [6.07, 6.45) is 1.10. The summed E-state index contributed by atoms with van der Waals surface area (Å²) in [5, 5.41) is 13.6. The Morgan fingerprint density at radius 2 is 2.13 bits per heavy atom. The number of H-pyrrole nitrogens is 1. The smallest absolute Gasteiger partial charge is 0.281 e. The predicted octanol–water partition coefficient (Wildman–Crippen LogP) is 0.997. The van der Waals surface area contributed by atoms with E-state index in [0.717, 1.165) is 6.21 Å². The molecule has 15 heavy (non-hydrogen) atoms. The topological polar surface area (TPSA) is 84.5 Å². The van der Waals surface area contributed by atoms with Crippen LogP contribution < -0.4 is 4.60 Å². The van der Waals surface area contributed by atoms with Gasteiger partial charge in [-0.2, -0.15) is 0 Å². The van der Waals surface area contributed by atoms with Crippen LogP contribution in [0.5, 0.6) is 0 Å². The van der Waals surface area contributed by atoms with Crippen LogP contribution in [0.1, 0.15) is 5.69 Å². The van der Waals surface area contributed by atoms with E-state index in [-0.39, 0.29) is 5.69 Å². The third kappa shape index (κ3) is 1.64. The van der Waals surface area contributed by atoms with Crippen LogP contribution in [0.25, 0.3) is 11.3 Å². The molecule has 0 amide bonds. The monoisotopic (exact) mass is 206 g/mol. The van der Waals surface area contributed by atoms with E-state index in [4.69, 9.17) is 5.21 Å². The first-order chi connectivity index (χ1) is 7.33. The van der Waals surface area contributed by atoms with Gasteiger partial charge in [-0.05, 0) is 4.91 Å². The highest BCUT2D eigenvalue weighted by Gasteiger charge is 2.20. The molecule has 2 N–H and O–H groups in total. The number of nitrogens with zero attached hydrogens (tertiary/aromatic N) is 2. The van der Waals surface area contributed by atoms with Gasteiger partial charge in [-0.25, -0.2) is 0 Å². The van der Waals surface area contributed by atoms with Gasteiger partial charge < -0.3 is 5.21 Å². The third-order valence-corrected chi connectivity index (χ3v) is 1.91. The van der Waals surface area contributed by atoms with Crippen molar-refractivity contribution in [2.24, 2.45) is 5.16 Å². The van der Waals surface area contributed by atoms with E-state index in [1.54, 1.807) is 24.3 Å². The van der Waals surface area contributed by atoms with Crippen LogP contribution >= 0.6 is 0 Å². The van der Waals surface area contributed by atoms with Gasteiger partial charge in [0.1, 0.15) is 6.21 Å². The van der Waals surface area contributed by atoms with Crippen molar-refractivity contribution in [3.05, 3.63) is 40.9 Å². The Morgan fingerprint density at radius 3 is 2.80 bits per heavy atom. The molecule has 0 aliphatic heterocycles. The number of hydrogen-bond donors (Lipinski definition) is 2. The second kappa shape index (κ2) is 3.79. The van der Waals surface area contributed by atoms with Gasteiger partial charge in [0.05, 0.1) is 0 Å². The lowest BCUT2D eigenvalue weighted by Crippen LogP contribution is -2.12. The molecule has 0 aliphatic rings. The molecule has 0 aliphatic carbocycles. The van der Waals surface area contributed by atoms with Crippen molar-refractivity contribution < 1.29 is 14.4 Å². The van der Waals surface area contributed by atoms with Gasteiger partial charge in [-0.1, -0.05) is 45.3 Å². The maximum Gasteiger partial charge on any atom is 0.281 e. The molecule has 6 heteroatoms. The Morgan fingerprint density at radius 1 is 1.40 bits per heavy atom. The largest absolute Gasteiger partial charge is 0.411 e. The summed E-state index contributed by atoms with van der Waals surface area (Å²) in [5.41, 5.74) is 1.25. The van der Waals surface area contributed by atoms with E-state index >= 15 is 0 Å². The van der Waals surface area contributed by atoms with E-state index in [1.807, 2.05) is 6.07 Å². The van der Waals surface area contributed by atoms with E-state index < -0.39 is 0 Å². The molecule has 0 unspecified atom stereocenters. The molecule has 1 aromatic heterocycles. The summed E-state index contributed by atoms with van der Waals surface area (Å²) in [4.78, 5) is 11.3. The summed E-state index contributed by atoms with van der Waals surface area (Å²) in [5.74, 6) is 0. The van der Waals surface area contributed by atoms with Crippen LogP contribution in [0.2, 0.25) is 0 Å². The average Bonchev–Trinajstić information content (AvgIpc) is 2.62. The Balaban J connectivity index is 2.62. The highest BCUT2D eigenvalue weighted by molar-refractivity contribution is 5.84. The molecule has 1 heterocycles. The summed E-state index contributed by atoms with van der Waals surface area (Å²) < 4.78 is 4.86. The Bertz CT molecular complexity index is 527. The molecule has 0 fully saturated rings. The standard InChI is InChI=1S/C9H7N3O3/c13-10-6-8-9(12(14)15-11-8)7-4-2-1-3-5-7/h1-6,11H/p+1/b10-6+. The van der Waals surface area contributed by atoms with E-state index in [9.17, 15) is 4.91 Å². The highest BCUT2D eigenvalue weighted by atomic mass is 16.7. The molecular weight excluding hydrogens is 198 g/mol. The normalized spacial score (nSPS) is 10.9. The second-order valence-corrected chi connectivity index (χ2v) is 2.82. The number of hydrogen-bond acceptors (Lipinski definition) is 4. The zero-order valence-corrected chi connectivity index (χ0v) is 7.62. The zero-order chi connectivity index (χ0) is 10.7. The van der Waals surface area contributed by atoms with Crippen molar-refractivity contribution in [2.75, 3.05) is 0 Å². The molecule has 0 atom stereocenters. The van der Waals surface area contributed by atoms with E-state index in [0.29, 0.717) is 15.9 Å². The lowest BCUT2D eigenvalue weighted by molar-refractivity contribution is -0.704. The summed E-state index contributed by atoms with van der Waals surface area (Å²) in [6.45, 7) is 0. The number of aromatic amines is 1. The molecule has 0 saturated carbocycles. The fourth-order valence-electron chi connectivity index (χ4n) is 1.29. The van der Waals surface area contributed by atoms with E-state index in [2.05, 4.69) is 14.9 Å². The number of benzene rings is 1. The number of nitrogens with one attached hydrogen (secondary N) is 1. The van der Waals surface area contributed by atoms with Gasteiger partial charge in [-0.15, -0.1) is 0 Å². The Kier molecular flexibility index (Phi) is 2.32. The summed E-state index contributed by atoms with van der Waals surface area (Å²) in [6, 6.07) is 8.93. The molecule has 1 aromatic carbocycles. The van der Waals surface area contributed by atoms with Crippen LogP contribution in [0.3, 0.4) is 0 Å². The van der Waals surface area contributed by atoms with Gasteiger partial charge in [0.25, 0.3) is 5.69 Å². The maximum atomic E-state index is 11.3. The van der Waals surface area contributed by atoms with Crippen molar-refractivity contribution in [2.45, 2.75) is 0 Å². The summed E-state index contributed by atoms with van der Waals surface area (Å²) >= 11 is 0. The molecule has 2 aromatic rings. The molecule has 2 rings (SSSR count). The molecular formula is C9H8N3O3+. The average molecular weight is 206 g/mol. The van der Waals surface area contributed by atoms with Crippen LogP contribution in [-0.2, 0) is 0 Å². The first-order valence-electron chi connectivity index (χ1n) is 4.20. The van der Waals surface area contributed by atoms with Gasteiger partial charge >= 0.3 is 0 Å². The van der Waals surface area contributed by atoms with Crippen LogP contribution in [0.15, 0.2) is 40.1 Å². The number of rotatable bonds is 2. The van der Waals surface area contributed by atoms with Crippen LogP contribution in [0.4, 0.5) is 0 Å². The fraction of sp³-hybridized carbons (Fsp3) is 0. The molecule has 0 spiro atoms. The Labute approximate surface area is 84.0 Å². The van der Waals surface area contributed by atoms with E-state index in [1.165, 1.54) is 0 Å². The lowest BCUT2D eigenvalue weighted by Gasteiger charge is -1.89. The maximum absolute atomic E-state index is 11.3. The fourth-order valence-corrected chi connectivity index (χ4v) is 1.29. The SMILES string of the molecule is O=[n+]1o[nH]c(/C=N/O)c1-c1ccccc1. The minimum absolute atomic E-state index is 0.272. The summed E-state index contributed by atoms with van der Waals surface area (Å²) in [7, 11) is 0. The second-order valence-electron chi connectivity index (χ2n) is 2.82. The minimum Gasteiger partial charge on any atom is -0.411 e. The zero-order valence-electron chi connectivity index (χ0n) is 7.62. The van der Waals surface area contributed by atoms with Crippen LogP contribution in [0, 0.1) is 4.91 Å². The third-order valence-electron chi connectivity index (χ3n) is 1.91. The molecule has 76 valence electrons. The molecule has 0 radical (unpaired) electrons. The van der Waals surface area contributed by atoms with Crippen LogP contribution in [-0.4, -0.2) is 16.6 Å².